The maximum Gasteiger partial charge on any atom is 0.243 e. The fraction of sp³-hybridized carbons (Fsp3) is 0.500. The highest BCUT2D eigenvalue weighted by atomic mass is 32.2. The van der Waals surface area contributed by atoms with Crippen molar-refractivity contribution in [2.45, 2.75) is 36.6 Å². The van der Waals surface area contributed by atoms with Crippen LogP contribution in [-0.4, -0.2) is 37.0 Å². The summed E-state index contributed by atoms with van der Waals surface area (Å²) < 4.78 is 26.8. The SMILES string of the molecule is N#Cc1cccc(S(=O)(=O)N2CCCCC2CCO)c1. The van der Waals surface area contributed by atoms with Crippen molar-refractivity contribution in [1.82, 2.24) is 4.31 Å². The number of nitrogens with zero attached hydrogens (tertiary/aromatic N) is 2. The summed E-state index contributed by atoms with van der Waals surface area (Å²) in [7, 11) is -3.59. The molecule has 1 aliphatic heterocycles. The maximum atomic E-state index is 12.7. The van der Waals surface area contributed by atoms with Crippen LogP contribution in [0.2, 0.25) is 0 Å². The average molecular weight is 294 g/mol. The molecule has 0 aromatic heterocycles. The number of aliphatic hydroxyl groups is 1. The average Bonchev–Trinajstić information content (AvgIpc) is 2.48. The Bertz CT molecular complexity index is 605. The van der Waals surface area contributed by atoms with Crippen molar-refractivity contribution in [3.05, 3.63) is 29.8 Å². The first-order valence-electron chi connectivity index (χ1n) is 6.72. The van der Waals surface area contributed by atoms with Crippen molar-refractivity contribution in [1.29, 1.82) is 5.26 Å². The van der Waals surface area contributed by atoms with Crippen LogP contribution in [0.5, 0.6) is 0 Å². The molecule has 1 unspecified atom stereocenters. The lowest BCUT2D eigenvalue weighted by atomic mass is 10.0. The number of hydrogen-bond donors (Lipinski definition) is 1. The van der Waals surface area contributed by atoms with Gasteiger partial charge in [0.1, 0.15) is 0 Å². The molecule has 0 saturated carbocycles. The number of nitriles is 1. The minimum atomic E-state index is -3.59. The van der Waals surface area contributed by atoms with E-state index in [9.17, 15) is 8.42 Å². The molecular weight excluding hydrogens is 276 g/mol. The van der Waals surface area contributed by atoms with Gasteiger partial charge in [0.15, 0.2) is 0 Å². The van der Waals surface area contributed by atoms with Crippen molar-refractivity contribution in [2.24, 2.45) is 0 Å². The molecule has 108 valence electrons. The number of aliphatic hydroxyl groups excluding tert-OH is 1. The first-order valence-corrected chi connectivity index (χ1v) is 8.16. The van der Waals surface area contributed by atoms with Gasteiger partial charge in [0.2, 0.25) is 10.0 Å². The molecule has 1 aromatic rings. The molecule has 0 spiro atoms. The molecule has 2 rings (SSSR count). The highest BCUT2D eigenvalue weighted by molar-refractivity contribution is 7.89. The lowest BCUT2D eigenvalue weighted by Gasteiger charge is -2.34. The minimum Gasteiger partial charge on any atom is -0.396 e. The lowest BCUT2D eigenvalue weighted by molar-refractivity contribution is 0.192. The molecule has 6 heteroatoms. The predicted octanol–water partition coefficient (Wildman–Crippen LogP) is 1.48. The summed E-state index contributed by atoms with van der Waals surface area (Å²) in [6.45, 7) is 0.457. The molecule has 0 amide bonds. The van der Waals surface area contributed by atoms with Crippen LogP contribution >= 0.6 is 0 Å². The van der Waals surface area contributed by atoms with Gasteiger partial charge < -0.3 is 5.11 Å². The summed E-state index contributed by atoms with van der Waals surface area (Å²) in [5, 5.41) is 18.0. The van der Waals surface area contributed by atoms with Gasteiger partial charge in [-0.2, -0.15) is 9.57 Å². The predicted molar refractivity (Wildman–Crippen MR) is 74.4 cm³/mol. The van der Waals surface area contributed by atoms with E-state index in [-0.39, 0.29) is 17.5 Å². The van der Waals surface area contributed by atoms with Crippen LogP contribution in [0, 0.1) is 11.3 Å². The van der Waals surface area contributed by atoms with E-state index in [4.69, 9.17) is 10.4 Å². The van der Waals surface area contributed by atoms with E-state index in [1.807, 2.05) is 6.07 Å². The van der Waals surface area contributed by atoms with Crippen molar-refractivity contribution in [3.63, 3.8) is 0 Å². The van der Waals surface area contributed by atoms with Gasteiger partial charge in [0, 0.05) is 19.2 Å². The number of rotatable bonds is 4. The Morgan fingerprint density at radius 2 is 2.20 bits per heavy atom. The smallest absolute Gasteiger partial charge is 0.243 e. The number of sulfonamides is 1. The van der Waals surface area contributed by atoms with Crippen molar-refractivity contribution >= 4 is 10.0 Å². The highest BCUT2D eigenvalue weighted by Gasteiger charge is 2.33. The van der Waals surface area contributed by atoms with E-state index >= 15 is 0 Å². The van der Waals surface area contributed by atoms with Gasteiger partial charge in [0.05, 0.1) is 16.5 Å². The van der Waals surface area contributed by atoms with Crippen molar-refractivity contribution < 1.29 is 13.5 Å². The maximum absolute atomic E-state index is 12.7. The van der Waals surface area contributed by atoms with E-state index < -0.39 is 10.0 Å². The van der Waals surface area contributed by atoms with Crippen LogP contribution < -0.4 is 0 Å². The first kappa shape index (κ1) is 15.0. The largest absolute Gasteiger partial charge is 0.396 e. The van der Waals surface area contributed by atoms with E-state index in [0.29, 0.717) is 18.5 Å². The molecular formula is C14H18N2O3S. The Labute approximate surface area is 119 Å². The topological polar surface area (TPSA) is 81.4 Å². The van der Waals surface area contributed by atoms with E-state index in [1.165, 1.54) is 16.4 Å². The summed E-state index contributed by atoms with van der Waals surface area (Å²) in [4.78, 5) is 0.154. The summed E-state index contributed by atoms with van der Waals surface area (Å²) >= 11 is 0. The molecule has 1 fully saturated rings. The monoisotopic (exact) mass is 294 g/mol. The van der Waals surface area contributed by atoms with Gasteiger partial charge >= 0.3 is 0 Å². The fourth-order valence-corrected chi connectivity index (χ4v) is 4.36. The van der Waals surface area contributed by atoms with Crippen LogP contribution in [0.15, 0.2) is 29.2 Å². The Balaban J connectivity index is 2.34. The van der Waals surface area contributed by atoms with E-state index in [1.54, 1.807) is 12.1 Å². The first-order chi connectivity index (χ1) is 9.59. The van der Waals surface area contributed by atoms with Gasteiger partial charge in [-0.3, -0.25) is 0 Å². The molecule has 1 atom stereocenters. The molecule has 0 bridgehead atoms. The third-order valence-corrected chi connectivity index (χ3v) is 5.55. The number of hydrogen-bond acceptors (Lipinski definition) is 4. The Hall–Kier alpha value is -1.42. The summed E-state index contributed by atoms with van der Waals surface area (Å²) in [6.07, 6.45) is 3.04. The molecule has 1 aromatic carbocycles. The quantitative estimate of drug-likeness (QED) is 0.912. The van der Waals surface area contributed by atoms with Crippen LogP contribution in [0.3, 0.4) is 0 Å². The second kappa shape index (κ2) is 6.35. The van der Waals surface area contributed by atoms with Crippen LogP contribution in [0.1, 0.15) is 31.2 Å². The second-order valence-electron chi connectivity index (χ2n) is 4.92. The standard InChI is InChI=1S/C14H18N2O3S/c15-11-12-4-3-6-14(10-12)20(18,19)16-8-2-1-5-13(16)7-9-17/h3-4,6,10,13,17H,1-2,5,7-9H2. The molecule has 20 heavy (non-hydrogen) atoms. The third-order valence-electron chi connectivity index (χ3n) is 3.61. The van der Waals surface area contributed by atoms with E-state index in [2.05, 4.69) is 0 Å². The molecule has 1 aliphatic rings. The van der Waals surface area contributed by atoms with Crippen LogP contribution in [0.4, 0.5) is 0 Å². The summed E-state index contributed by atoms with van der Waals surface area (Å²) in [5.74, 6) is 0. The Morgan fingerprint density at radius 1 is 1.40 bits per heavy atom. The molecule has 1 heterocycles. The number of piperidine rings is 1. The van der Waals surface area contributed by atoms with Crippen LogP contribution in [0.25, 0.3) is 0 Å². The highest BCUT2D eigenvalue weighted by Crippen LogP contribution is 2.27. The molecule has 1 saturated heterocycles. The molecule has 0 radical (unpaired) electrons. The van der Waals surface area contributed by atoms with Gasteiger partial charge in [-0.15, -0.1) is 0 Å². The van der Waals surface area contributed by atoms with Gasteiger partial charge in [-0.05, 0) is 37.5 Å². The normalized spacial score (nSPS) is 20.5. The van der Waals surface area contributed by atoms with Crippen LogP contribution in [-0.2, 0) is 10.0 Å². The van der Waals surface area contributed by atoms with E-state index in [0.717, 1.165) is 19.3 Å². The number of benzene rings is 1. The molecule has 5 nitrogen and oxygen atoms in total. The van der Waals surface area contributed by atoms with Gasteiger partial charge in [0.25, 0.3) is 0 Å². The van der Waals surface area contributed by atoms with Gasteiger partial charge in [-0.25, -0.2) is 8.42 Å². The minimum absolute atomic E-state index is 0.0189. The Morgan fingerprint density at radius 3 is 2.90 bits per heavy atom. The second-order valence-corrected chi connectivity index (χ2v) is 6.81. The Kier molecular flexibility index (Phi) is 4.76. The van der Waals surface area contributed by atoms with Crippen molar-refractivity contribution in [2.75, 3.05) is 13.2 Å². The zero-order valence-corrected chi connectivity index (χ0v) is 12.0. The zero-order chi connectivity index (χ0) is 14.6. The van der Waals surface area contributed by atoms with Crippen molar-refractivity contribution in [3.8, 4) is 6.07 Å². The lowest BCUT2D eigenvalue weighted by Crippen LogP contribution is -2.44. The fourth-order valence-electron chi connectivity index (χ4n) is 2.59. The zero-order valence-electron chi connectivity index (χ0n) is 11.2. The summed E-state index contributed by atoms with van der Waals surface area (Å²) in [5.41, 5.74) is 0.335. The third kappa shape index (κ3) is 3.01. The molecule has 0 aliphatic carbocycles. The molecule has 1 N–H and O–H groups in total. The summed E-state index contributed by atoms with van der Waals surface area (Å²) in [6, 6.07) is 7.89. The van der Waals surface area contributed by atoms with Gasteiger partial charge in [-0.1, -0.05) is 12.5 Å².